The minimum absolute atomic E-state index is 0.0360. The zero-order valence-electron chi connectivity index (χ0n) is 20.2. The van der Waals surface area contributed by atoms with Crippen molar-refractivity contribution in [3.05, 3.63) is 118 Å². The normalized spacial score (nSPS) is 12.1. The highest BCUT2D eigenvalue weighted by Gasteiger charge is 2.37. The fourth-order valence-corrected chi connectivity index (χ4v) is 4.47. The van der Waals surface area contributed by atoms with Crippen LogP contribution in [0.5, 0.6) is 0 Å². The van der Waals surface area contributed by atoms with Gasteiger partial charge in [-0.1, -0.05) is 36.4 Å². The number of halogens is 8. The van der Waals surface area contributed by atoms with E-state index in [1.807, 2.05) is 19.1 Å². The quantitative estimate of drug-likeness (QED) is 0.164. The van der Waals surface area contributed by atoms with E-state index >= 15 is 4.39 Å². The summed E-state index contributed by atoms with van der Waals surface area (Å²) in [5, 5.41) is 0.547. The first-order chi connectivity index (χ1) is 18.0. The highest BCUT2D eigenvalue weighted by atomic mass is 19.4. The van der Waals surface area contributed by atoms with E-state index < -0.39 is 40.8 Å². The number of aryl methyl sites for hydroxylation is 3. The topological polar surface area (TPSA) is 0 Å². The van der Waals surface area contributed by atoms with Gasteiger partial charge in [-0.05, 0) is 90.6 Å². The number of benzene rings is 4. The van der Waals surface area contributed by atoms with Crippen molar-refractivity contribution in [3.63, 3.8) is 0 Å². The van der Waals surface area contributed by atoms with Crippen LogP contribution >= 0.6 is 0 Å². The lowest BCUT2D eigenvalue weighted by molar-refractivity contribution is -0.142. The molecule has 8 heteroatoms. The molecule has 0 atom stereocenters. The molecule has 4 aromatic carbocycles. The largest absolute Gasteiger partial charge is 0.422 e. The lowest BCUT2D eigenvalue weighted by Crippen LogP contribution is -2.12. The van der Waals surface area contributed by atoms with Crippen molar-refractivity contribution in [3.8, 4) is 11.1 Å². The Balaban J connectivity index is 1.58. The predicted octanol–water partition coefficient (Wildman–Crippen LogP) is 9.51. The Bertz CT molecular complexity index is 1470. The number of fused-ring (bicyclic) bond motifs is 1. The molecule has 0 fully saturated rings. The van der Waals surface area contributed by atoms with Gasteiger partial charge in [0.2, 0.25) is 0 Å². The summed E-state index contributed by atoms with van der Waals surface area (Å²) in [4.78, 5) is 0. The zero-order valence-corrected chi connectivity index (χ0v) is 20.2. The van der Waals surface area contributed by atoms with E-state index in [0.717, 1.165) is 0 Å². The second kappa shape index (κ2) is 11.0. The molecule has 0 spiro atoms. The maximum Gasteiger partial charge on any atom is 0.422 e. The van der Waals surface area contributed by atoms with E-state index in [2.05, 4.69) is 0 Å². The minimum Gasteiger partial charge on any atom is -0.206 e. The molecule has 198 valence electrons. The Morgan fingerprint density at radius 1 is 0.684 bits per heavy atom. The molecule has 0 aromatic heterocycles. The first-order valence-electron chi connectivity index (χ1n) is 11.8. The second-order valence-electron chi connectivity index (χ2n) is 8.95. The van der Waals surface area contributed by atoms with Gasteiger partial charge in [-0.25, -0.2) is 22.0 Å². The first kappa shape index (κ1) is 27.4. The molecule has 4 aromatic rings. The standard InChI is InChI=1S/C30H22F8/c1-2-3-4-5-17-12-23(31)27(24(32)13-17)21-10-11-22-20(16-21)9-8-19(29(22)35)7-6-18-14-25(33)28(26(34)15-18)30(36,37)38/h2-3,8-16H,4-7H2,1H3/b3-2+. The molecule has 38 heavy (non-hydrogen) atoms. The van der Waals surface area contributed by atoms with Crippen LogP contribution < -0.4 is 0 Å². The van der Waals surface area contributed by atoms with Crippen LogP contribution in [0.4, 0.5) is 35.1 Å². The molecule has 0 N–H and O–H groups in total. The average molecular weight is 534 g/mol. The Labute approximate surface area is 214 Å². The summed E-state index contributed by atoms with van der Waals surface area (Å²) in [6.07, 6.45) is -0.429. The third-order valence-corrected chi connectivity index (χ3v) is 6.33. The number of hydrogen-bond donors (Lipinski definition) is 0. The van der Waals surface area contributed by atoms with Crippen LogP contribution in [0.25, 0.3) is 21.9 Å². The van der Waals surface area contributed by atoms with Crippen molar-refractivity contribution in [2.24, 2.45) is 0 Å². The third-order valence-electron chi connectivity index (χ3n) is 6.33. The summed E-state index contributed by atoms with van der Waals surface area (Å²) in [5.74, 6) is -5.56. The Hall–Kier alpha value is -3.68. The summed E-state index contributed by atoms with van der Waals surface area (Å²) >= 11 is 0. The van der Waals surface area contributed by atoms with Gasteiger partial charge in [-0.15, -0.1) is 0 Å². The number of hydrogen-bond acceptors (Lipinski definition) is 0. The second-order valence-corrected chi connectivity index (χ2v) is 8.95. The summed E-state index contributed by atoms with van der Waals surface area (Å²) in [7, 11) is 0. The molecule has 0 aliphatic rings. The lowest BCUT2D eigenvalue weighted by Gasteiger charge is -2.12. The van der Waals surface area contributed by atoms with Gasteiger partial charge in [-0.3, -0.25) is 0 Å². The lowest BCUT2D eigenvalue weighted by atomic mass is 9.95. The number of alkyl halides is 3. The molecule has 0 nitrogen and oxygen atoms in total. The fraction of sp³-hybridized carbons (Fsp3) is 0.200. The fourth-order valence-electron chi connectivity index (χ4n) is 4.47. The van der Waals surface area contributed by atoms with Crippen molar-refractivity contribution in [1.29, 1.82) is 0 Å². The summed E-state index contributed by atoms with van der Waals surface area (Å²) in [6.45, 7) is 1.86. The van der Waals surface area contributed by atoms with Gasteiger partial charge in [0.25, 0.3) is 0 Å². The van der Waals surface area contributed by atoms with Gasteiger partial charge >= 0.3 is 6.18 Å². The van der Waals surface area contributed by atoms with Crippen LogP contribution in [-0.4, -0.2) is 0 Å². The van der Waals surface area contributed by atoms with E-state index in [1.54, 1.807) is 6.07 Å². The van der Waals surface area contributed by atoms with Gasteiger partial charge in [0.05, 0.1) is 5.56 Å². The molecule has 0 radical (unpaired) electrons. The van der Waals surface area contributed by atoms with Crippen LogP contribution in [0.2, 0.25) is 0 Å². The monoisotopic (exact) mass is 534 g/mol. The van der Waals surface area contributed by atoms with Gasteiger partial charge in [0.15, 0.2) is 0 Å². The molecule has 0 heterocycles. The molecular formula is C30H22F8. The van der Waals surface area contributed by atoms with Gasteiger partial charge < -0.3 is 0 Å². The Morgan fingerprint density at radius 2 is 1.29 bits per heavy atom. The Morgan fingerprint density at radius 3 is 1.89 bits per heavy atom. The molecule has 0 unspecified atom stereocenters. The SMILES string of the molecule is C/C=C/CCc1cc(F)c(-c2ccc3c(F)c(CCc4cc(F)c(C(F)(F)F)c(F)c4)ccc3c2)c(F)c1. The van der Waals surface area contributed by atoms with Crippen LogP contribution in [0, 0.1) is 29.1 Å². The average Bonchev–Trinajstić information content (AvgIpc) is 2.82. The van der Waals surface area contributed by atoms with E-state index in [0.29, 0.717) is 35.9 Å². The third kappa shape index (κ3) is 5.74. The molecule has 0 amide bonds. The van der Waals surface area contributed by atoms with Gasteiger partial charge in [0.1, 0.15) is 34.6 Å². The minimum atomic E-state index is -5.17. The molecule has 0 bridgehead atoms. The molecule has 4 rings (SSSR count). The molecule has 0 saturated heterocycles. The van der Waals surface area contributed by atoms with Crippen molar-refractivity contribution < 1.29 is 35.1 Å². The van der Waals surface area contributed by atoms with Gasteiger partial charge in [-0.2, -0.15) is 13.2 Å². The van der Waals surface area contributed by atoms with Crippen LogP contribution in [0.3, 0.4) is 0 Å². The smallest absolute Gasteiger partial charge is 0.206 e. The van der Waals surface area contributed by atoms with E-state index in [1.165, 1.54) is 36.4 Å². The molecular weight excluding hydrogens is 512 g/mol. The highest BCUT2D eigenvalue weighted by Crippen LogP contribution is 2.35. The van der Waals surface area contributed by atoms with Crippen molar-refractivity contribution in [2.75, 3.05) is 0 Å². The van der Waals surface area contributed by atoms with Crippen molar-refractivity contribution in [2.45, 2.75) is 38.8 Å². The number of rotatable bonds is 7. The number of allylic oxidation sites excluding steroid dienone is 2. The summed E-state index contributed by atoms with van der Waals surface area (Å²) in [6, 6.07) is 11.0. The summed E-state index contributed by atoms with van der Waals surface area (Å²) in [5.41, 5.74) is -1.32. The van der Waals surface area contributed by atoms with Crippen molar-refractivity contribution >= 4 is 10.8 Å². The zero-order chi connectivity index (χ0) is 27.6. The highest BCUT2D eigenvalue weighted by molar-refractivity contribution is 5.88. The van der Waals surface area contributed by atoms with Gasteiger partial charge in [0, 0.05) is 5.39 Å². The predicted molar refractivity (Wildman–Crippen MR) is 131 cm³/mol. The van der Waals surface area contributed by atoms with E-state index in [9.17, 15) is 30.7 Å². The summed E-state index contributed by atoms with van der Waals surface area (Å²) < 4.78 is 111. The van der Waals surface area contributed by atoms with E-state index in [-0.39, 0.29) is 40.5 Å². The maximum absolute atomic E-state index is 15.2. The van der Waals surface area contributed by atoms with E-state index in [4.69, 9.17) is 0 Å². The maximum atomic E-state index is 15.2. The van der Waals surface area contributed by atoms with Crippen molar-refractivity contribution in [1.82, 2.24) is 0 Å². The Kier molecular flexibility index (Phi) is 7.90. The first-order valence-corrected chi connectivity index (χ1v) is 11.8. The van der Waals surface area contributed by atoms with Crippen LogP contribution in [0.15, 0.2) is 66.7 Å². The molecule has 0 saturated carbocycles. The van der Waals surface area contributed by atoms with Crippen LogP contribution in [-0.2, 0) is 25.4 Å². The molecule has 0 aliphatic heterocycles. The molecule has 0 aliphatic carbocycles. The van der Waals surface area contributed by atoms with Crippen LogP contribution in [0.1, 0.15) is 35.6 Å².